The molecule has 1 aromatic rings. The number of benzene rings is 1. The molecule has 1 fully saturated rings. The summed E-state index contributed by atoms with van der Waals surface area (Å²) in [6, 6.07) is 7.89. The lowest BCUT2D eigenvalue weighted by atomic mass is 10.2. The molecule has 2 rings (SSSR count). The van der Waals surface area contributed by atoms with E-state index < -0.39 is 0 Å². The molecule has 2 N–H and O–H groups in total. The number of likely N-dealkylation sites (N-methyl/N-ethyl adjacent to an activating group) is 1. The number of nitrogens with one attached hydrogen (secondary N) is 2. The van der Waals surface area contributed by atoms with E-state index in [1.807, 2.05) is 31.2 Å². The molecule has 1 aliphatic rings. The number of morpholine rings is 1. The Labute approximate surface area is 197 Å². The summed E-state index contributed by atoms with van der Waals surface area (Å²) in [6.07, 6.45) is 0.998. The van der Waals surface area contributed by atoms with Crippen molar-refractivity contribution in [2.75, 3.05) is 66.6 Å². The third-order valence-corrected chi connectivity index (χ3v) is 4.63. The Morgan fingerprint density at radius 1 is 1.23 bits per heavy atom. The molecule has 1 aromatic carbocycles. The van der Waals surface area contributed by atoms with E-state index in [4.69, 9.17) is 9.47 Å². The van der Waals surface area contributed by atoms with Crippen LogP contribution in [-0.2, 0) is 16.1 Å². The van der Waals surface area contributed by atoms with E-state index >= 15 is 0 Å². The first-order valence-electron chi connectivity index (χ1n) is 10.3. The van der Waals surface area contributed by atoms with Crippen molar-refractivity contribution in [2.24, 2.45) is 4.99 Å². The number of carbonyl (C=O) groups is 1. The van der Waals surface area contributed by atoms with Crippen molar-refractivity contribution < 1.29 is 14.3 Å². The van der Waals surface area contributed by atoms with Crippen molar-refractivity contribution in [1.29, 1.82) is 0 Å². The minimum absolute atomic E-state index is 0. The van der Waals surface area contributed by atoms with E-state index in [0.29, 0.717) is 19.1 Å². The van der Waals surface area contributed by atoms with Crippen LogP contribution in [0.4, 0.5) is 0 Å². The third-order valence-electron chi connectivity index (χ3n) is 4.63. The summed E-state index contributed by atoms with van der Waals surface area (Å²) in [5.74, 6) is 1.48. The van der Waals surface area contributed by atoms with E-state index in [2.05, 4.69) is 20.5 Å². The summed E-state index contributed by atoms with van der Waals surface area (Å²) in [6.45, 7) is 8.68. The van der Waals surface area contributed by atoms with Crippen LogP contribution in [0.2, 0.25) is 0 Å². The monoisotopic (exact) mass is 533 g/mol. The molecule has 0 saturated carbocycles. The lowest BCUT2D eigenvalue weighted by Crippen LogP contribution is -2.44. The highest BCUT2D eigenvalue weighted by atomic mass is 127. The summed E-state index contributed by atoms with van der Waals surface area (Å²) >= 11 is 0. The predicted octanol–water partition coefficient (Wildman–Crippen LogP) is 1.55. The molecule has 0 bridgehead atoms. The smallest absolute Gasteiger partial charge is 0.241 e. The summed E-state index contributed by atoms with van der Waals surface area (Å²) < 4.78 is 11.1. The summed E-state index contributed by atoms with van der Waals surface area (Å²) in [5.41, 5.74) is 1.02. The number of halogens is 1. The van der Waals surface area contributed by atoms with E-state index in [0.717, 1.165) is 57.1 Å². The summed E-state index contributed by atoms with van der Waals surface area (Å²) in [5, 5.41) is 6.48. The van der Waals surface area contributed by atoms with Crippen molar-refractivity contribution in [3.63, 3.8) is 0 Å². The number of ether oxygens (including phenoxy) is 2. The van der Waals surface area contributed by atoms with Gasteiger partial charge in [0.05, 0.1) is 32.9 Å². The average Bonchev–Trinajstić information content (AvgIpc) is 2.74. The second-order valence-electron chi connectivity index (χ2n) is 7.08. The van der Waals surface area contributed by atoms with Crippen LogP contribution in [0.25, 0.3) is 0 Å². The van der Waals surface area contributed by atoms with Gasteiger partial charge in [-0.3, -0.25) is 9.69 Å². The molecule has 0 unspecified atom stereocenters. The number of nitrogens with zero attached hydrogens (tertiary/aromatic N) is 3. The second-order valence-corrected chi connectivity index (χ2v) is 7.08. The van der Waals surface area contributed by atoms with E-state index in [1.165, 1.54) is 0 Å². The van der Waals surface area contributed by atoms with Crippen LogP contribution in [0.1, 0.15) is 18.9 Å². The number of guanidine groups is 1. The first-order chi connectivity index (χ1) is 14.1. The Morgan fingerprint density at radius 3 is 2.67 bits per heavy atom. The number of hydrogen-bond donors (Lipinski definition) is 2. The minimum Gasteiger partial charge on any atom is -0.494 e. The van der Waals surface area contributed by atoms with Gasteiger partial charge in [-0.25, -0.2) is 4.99 Å². The zero-order valence-electron chi connectivity index (χ0n) is 18.4. The van der Waals surface area contributed by atoms with Gasteiger partial charge in [0.25, 0.3) is 0 Å². The highest BCUT2D eigenvalue weighted by Crippen LogP contribution is 2.18. The fourth-order valence-electron chi connectivity index (χ4n) is 2.92. The molecule has 1 aliphatic heterocycles. The number of aliphatic imine (C=N–C) groups is 1. The Balaban J connectivity index is 0.00000450. The van der Waals surface area contributed by atoms with Crippen LogP contribution in [-0.4, -0.2) is 88.3 Å². The topological polar surface area (TPSA) is 78.4 Å². The molecule has 0 aromatic heterocycles. The summed E-state index contributed by atoms with van der Waals surface area (Å²) in [7, 11) is 3.49. The molecule has 0 atom stereocenters. The standard InChI is InChI=1S/C21H35N5O3.HI/c1-4-29-19-9-6-5-8-18(19)16-23-21(24-17-20(27)25(2)3)22-10-7-11-26-12-14-28-15-13-26;/h5-6,8-9H,4,7,10-17H2,1-3H3,(H2,22,23,24);1H. The highest BCUT2D eigenvalue weighted by Gasteiger charge is 2.10. The van der Waals surface area contributed by atoms with Crippen LogP contribution in [0, 0.1) is 0 Å². The lowest BCUT2D eigenvalue weighted by molar-refractivity contribution is -0.127. The van der Waals surface area contributed by atoms with Crippen LogP contribution < -0.4 is 15.4 Å². The van der Waals surface area contributed by atoms with E-state index in [-0.39, 0.29) is 36.4 Å². The maximum absolute atomic E-state index is 11.9. The second kappa shape index (κ2) is 15.2. The van der Waals surface area contributed by atoms with Crippen LogP contribution in [0.15, 0.2) is 29.3 Å². The van der Waals surface area contributed by atoms with Gasteiger partial charge in [0.15, 0.2) is 5.96 Å². The van der Waals surface area contributed by atoms with Gasteiger partial charge in [0.2, 0.25) is 5.91 Å². The largest absolute Gasteiger partial charge is 0.494 e. The zero-order chi connectivity index (χ0) is 20.9. The number of carbonyl (C=O) groups excluding carboxylic acids is 1. The molecule has 1 saturated heterocycles. The molecule has 30 heavy (non-hydrogen) atoms. The molecule has 8 nitrogen and oxygen atoms in total. The van der Waals surface area contributed by atoms with Crippen LogP contribution >= 0.6 is 24.0 Å². The normalized spacial score (nSPS) is 14.6. The maximum atomic E-state index is 11.9. The van der Waals surface area contributed by atoms with Crippen molar-refractivity contribution >= 4 is 35.8 Å². The molecule has 170 valence electrons. The van der Waals surface area contributed by atoms with Gasteiger partial charge in [-0.15, -0.1) is 24.0 Å². The zero-order valence-corrected chi connectivity index (χ0v) is 20.7. The Kier molecular flexibility index (Phi) is 13.4. The van der Waals surface area contributed by atoms with Crippen molar-refractivity contribution in [3.8, 4) is 5.75 Å². The third kappa shape index (κ3) is 9.94. The maximum Gasteiger partial charge on any atom is 0.241 e. The van der Waals surface area contributed by atoms with Gasteiger partial charge in [0.1, 0.15) is 5.75 Å². The van der Waals surface area contributed by atoms with Gasteiger partial charge < -0.3 is 25.0 Å². The van der Waals surface area contributed by atoms with Crippen LogP contribution in [0.3, 0.4) is 0 Å². The number of para-hydroxylation sites is 1. The van der Waals surface area contributed by atoms with E-state index in [9.17, 15) is 4.79 Å². The molecule has 9 heteroatoms. The fraction of sp³-hybridized carbons (Fsp3) is 0.619. The quantitative estimate of drug-likeness (QED) is 0.206. The molecular weight excluding hydrogens is 497 g/mol. The molecular formula is C21H36IN5O3. The Morgan fingerprint density at radius 2 is 1.97 bits per heavy atom. The Bertz CT molecular complexity index is 651. The van der Waals surface area contributed by atoms with Gasteiger partial charge in [-0.05, 0) is 26.0 Å². The van der Waals surface area contributed by atoms with E-state index in [1.54, 1.807) is 19.0 Å². The highest BCUT2D eigenvalue weighted by molar-refractivity contribution is 14.0. The average molecular weight is 533 g/mol. The first kappa shape index (κ1) is 26.4. The van der Waals surface area contributed by atoms with Gasteiger partial charge >= 0.3 is 0 Å². The van der Waals surface area contributed by atoms with Crippen molar-refractivity contribution in [3.05, 3.63) is 29.8 Å². The fourth-order valence-corrected chi connectivity index (χ4v) is 2.92. The molecule has 0 aliphatic carbocycles. The number of hydrogen-bond acceptors (Lipinski definition) is 5. The van der Waals surface area contributed by atoms with Crippen molar-refractivity contribution in [2.45, 2.75) is 19.9 Å². The lowest BCUT2D eigenvalue weighted by Gasteiger charge is -2.26. The number of rotatable bonds is 10. The SMILES string of the molecule is CCOc1ccccc1CN=C(NCCCN1CCOCC1)NCC(=O)N(C)C.I. The van der Waals surface area contributed by atoms with Crippen molar-refractivity contribution in [1.82, 2.24) is 20.4 Å². The Hall–Kier alpha value is -1.59. The molecule has 1 amide bonds. The van der Waals surface area contributed by atoms with Crippen LogP contribution in [0.5, 0.6) is 5.75 Å². The predicted molar refractivity (Wildman–Crippen MR) is 131 cm³/mol. The molecule has 1 heterocycles. The summed E-state index contributed by atoms with van der Waals surface area (Å²) in [4.78, 5) is 20.6. The minimum atomic E-state index is 0. The number of amides is 1. The molecule has 0 radical (unpaired) electrons. The molecule has 0 spiro atoms. The van der Waals surface area contributed by atoms with Gasteiger partial charge in [-0.2, -0.15) is 0 Å². The van der Waals surface area contributed by atoms with Gasteiger partial charge in [-0.1, -0.05) is 18.2 Å². The first-order valence-corrected chi connectivity index (χ1v) is 10.3. The van der Waals surface area contributed by atoms with Gasteiger partial charge in [0, 0.05) is 39.3 Å².